The van der Waals surface area contributed by atoms with Gasteiger partial charge in [0.05, 0.1) is 5.56 Å². The van der Waals surface area contributed by atoms with E-state index in [-0.39, 0.29) is 11.7 Å². The minimum absolute atomic E-state index is 0.148. The van der Waals surface area contributed by atoms with E-state index in [1.807, 2.05) is 18.2 Å². The molecule has 0 saturated heterocycles. The van der Waals surface area contributed by atoms with Crippen LogP contribution in [0.5, 0.6) is 5.75 Å². The average Bonchev–Trinajstić information content (AvgIpc) is 2.34. The minimum Gasteiger partial charge on any atom is -0.508 e. The van der Waals surface area contributed by atoms with E-state index in [0.29, 0.717) is 11.3 Å². The van der Waals surface area contributed by atoms with Crippen molar-refractivity contribution in [2.45, 2.75) is 6.92 Å². The van der Waals surface area contributed by atoms with E-state index < -0.39 is 0 Å². The molecule has 92 valence electrons. The summed E-state index contributed by atoms with van der Waals surface area (Å²) in [5.74, 6) is 0.0763. The Morgan fingerprint density at radius 3 is 2.61 bits per heavy atom. The molecule has 2 N–H and O–H groups in total. The van der Waals surface area contributed by atoms with E-state index in [0.717, 1.165) is 9.13 Å². The summed E-state index contributed by atoms with van der Waals surface area (Å²) < 4.78 is 0.906. The maximum atomic E-state index is 12.1. The Labute approximate surface area is 119 Å². The molecule has 3 nitrogen and oxygen atoms in total. The Balaban J connectivity index is 2.22. The molecule has 0 saturated carbocycles. The third-order valence-electron chi connectivity index (χ3n) is 2.57. The average molecular weight is 353 g/mol. The van der Waals surface area contributed by atoms with E-state index in [2.05, 4.69) is 27.9 Å². The van der Waals surface area contributed by atoms with Gasteiger partial charge in [0.2, 0.25) is 0 Å². The molecule has 0 aromatic heterocycles. The van der Waals surface area contributed by atoms with Gasteiger partial charge in [0.25, 0.3) is 5.91 Å². The van der Waals surface area contributed by atoms with E-state index in [4.69, 9.17) is 0 Å². The number of phenols is 1. The Morgan fingerprint density at radius 1 is 1.22 bits per heavy atom. The number of anilines is 1. The highest BCUT2D eigenvalue weighted by Crippen LogP contribution is 2.21. The number of nitrogens with one attached hydrogen (secondary N) is 1. The highest BCUT2D eigenvalue weighted by atomic mass is 127. The zero-order chi connectivity index (χ0) is 13.1. The van der Waals surface area contributed by atoms with Crippen LogP contribution in [-0.4, -0.2) is 11.0 Å². The number of aromatic hydroxyl groups is 1. The molecule has 0 aliphatic rings. The molecule has 4 heteroatoms. The molecule has 0 aliphatic heterocycles. The number of benzene rings is 2. The first-order chi connectivity index (χ1) is 8.58. The molecule has 0 unspecified atom stereocenters. The highest BCUT2D eigenvalue weighted by molar-refractivity contribution is 14.1. The Kier molecular flexibility index (Phi) is 3.86. The number of rotatable bonds is 2. The van der Waals surface area contributed by atoms with Crippen LogP contribution in [-0.2, 0) is 0 Å². The third-order valence-corrected chi connectivity index (χ3v) is 3.51. The molecule has 0 bridgehead atoms. The Hall–Kier alpha value is -1.56. The van der Waals surface area contributed by atoms with Gasteiger partial charge in [0.15, 0.2) is 0 Å². The first kappa shape index (κ1) is 12.9. The van der Waals surface area contributed by atoms with Crippen molar-refractivity contribution in [2.24, 2.45) is 0 Å². The molecule has 0 spiro atoms. The molecule has 0 fully saturated rings. The summed E-state index contributed by atoms with van der Waals surface area (Å²) in [6, 6.07) is 12.4. The van der Waals surface area contributed by atoms with Gasteiger partial charge in [0.1, 0.15) is 5.75 Å². The number of amides is 1. The lowest BCUT2D eigenvalue weighted by Gasteiger charge is -2.08. The molecule has 2 rings (SSSR count). The van der Waals surface area contributed by atoms with Gasteiger partial charge in [-0.2, -0.15) is 0 Å². The van der Waals surface area contributed by atoms with Crippen molar-refractivity contribution < 1.29 is 9.90 Å². The number of hydrogen-bond donors (Lipinski definition) is 2. The molecular weight excluding hydrogens is 341 g/mol. The lowest BCUT2D eigenvalue weighted by Crippen LogP contribution is -2.13. The predicted molar refractivity (Wildman–Crippen MR) is 80.0 cm³/mol. The number of carbonyl (C=O) groups excluding carboxylic acids is 1. The summed E-state index contributed by atoms with van der Waals surface area (Å²) in [5.41, 5.74) is 2.05. The van der Waals surface area contributed by atoms with Crippen molar-refractivity contribution in [3.05, 3.63) is 57.2 Å². The fourth-order valence-corrected chi connectivity index (χ4v) is 2.21. The molecule has 0 radical (unpaired) electrons. The maximum Gasteiger partial charge on any atom is 0.256 e. The van der Waals surface area contributed by atoms with Crippen LogP contribution >= 0.6 is 22.6 Å². The molecule has 2 aromatic carbocycles. The standard InChI is InChI=1S/C14H12INO2/c1-9-8-10(6-7-13(9)17)16-14(18)11-4-2-3-5-12(11)15/h2-8,17H,1H3,(H,16,18). The lowest BCUT2D eigenvalue weighted by atomic mass is 10.2. The summed E-state index contributed by atoms with van der Waals surface area (Å²) in [6.07, 6.45) is 0. The summed E-state index contributed by atoms with van der Waals surface area (Å²) in [7, 11) is 0. The van der Waals surface area contributed by atoms with Gasteiger partial charge in [-0.1, -0.05) is 12.1 Å². The Bertz CT molecular complexity index is 596. The monoisotopic (exact) mass is 353 g/mol. The van der Waals surface area contributed by atoms with Crippen molar-refractivity contribution in [3.63, 3.8) is 0 Å². The number of carbonyl (C=O) groups is 1. The summed E-state index contributed by atoms with van der Waals surface area (Å²) in [4.78, 5) is 12.1. The molecule has 2 aromatic rings. The van der Waals surface area contributed by atoms with Gasteiger partial charge in [-0.3, -0.25) is 4.79 Å². The van der Waals surface area contributed by atoms with Crippen molar-refractivity contribution >= 4 is 34.2 Å². The summed E-state index contributed by atoms with van der Waals surface area (Å²) in [5, 5.41) is 12.2. The van der Waals surface area contributed by atoms with Crippen molar-refractivity contribution in [2.75, 3.05) is 5.32 Å². The molecule has 18 heavy (non-hydrogen) atoms. The number of phenolic OH excluding ortho intramolecular Hbond substituents is 1. The van der Waals surface area contributed by atoms with E-state index >= 15 is 0 Å². The van der Waals surface area contributed by atoms with E-state index in [1.54, 1.807) is 31.2 Å². The number of hydrogen-bond acceptors (Lipinski definition) is 2. The van der Waals surface area contributed by atoms with Crippen LogP contribution in [0.2, 0.25) is 0 Å². The second-order valence-corrected chi connectivity index (χ2v) is 5.10. The fourth-order valence-electron chi connectivity index (χ4n) is 1.58. The third kappa shape index (κ3) is 2.81. The van der Waals surface area contributed by atoms with E-state index in [1.165, 1.54) is 0 Å². The zero-order valence-electron chi connectivity index (χ0n) is 9.77. The van der Waals surface area contributed by atoms with Gasteiger partial charge >= 0.3 is 0 Å². The van der Waals surface area contributed by atoms with Crippen LogP contribution in [0, 0.1) is 10.5 Å². The van der Waals surface area contributed by atoms with Gasteiger partial charge in [0, 0.05) is 9.26 Å². The van der Waals surface area contributed by atoms with Crippen LogP contribution < -0.4 is 5.32 Å². The molecule has 1 amide bonds. The van der Waals surface area contributed by atoms with Gasteiger partial charge < -0.3 is 10.4 Å². The minimum atomic E-state index is -0.148. The van der Waals surface area contributed by atoms with E-state index in [9.17, 15) is 9.90 Å². The van der Waals surface area contributed by atoms with Gasteiger partial charge in [-0.25, -0.2) is 0 Å². The van der Waals surface area contributed by atoms with Crippen molar-refractivity contribution in [1.82, 2.24) is 0 Å². The lowest BCUT2D eigenvalue weighted by molar-refractivity contribution is 0.102. The summed E-state index contributed by atoms with van der Waals surface area (Å²) in [6.45, 7) is 1.79. The quantitative estimate of drug-likeness (QED) is 0.641. The van der Waals surface area contributed by atoms with Crippen molar-refractivity contribution in [1.29, 1.82) is 0 Å². The number of halogens is 1. The van der Waals surface area contributed by atoms with Crippen LogP contribution in [0.4, 0.5) is 5.69 Å². The molecule has 0 aliphatic carbocycles. The second kappa shape index (κ2) is 5.39. The Morgan fingerprint density at radius 2 is 1.94 bits per heavy atom. The molecular formula is C14H12INO2. The first-order valence-electron chi connectivity index (χ1n) is 5.43. The fraction of sp³-hybridized carbons (Fsp3) is 0.0714. The van der Waals surface area contributed by atoms with Crippen LogP contribution in [0.25, 0.3) is 0 Å². The van der Waals surface area contributed by atoms with Gasteiger partial charge in [-0.15, -0.1) is 0 Å². The summed E-state index contributed by atoms with van der Waals surface area (Å²) >= 11 is 2.13. The SMILES string of the molecule is Cc1cc(NC(=O)c2ccccc2I)ccc1O. The zero-order valence-corrected chi connectivity index (χ0v) is 11.9. The second-order valence-electron chi connectivity index (χ2n) is 3.94. The topological polar surface area (TPSA) is 49.3 Å². The van der Waals surface area contributed by atoms with Crippen LogP contribution in [0.1, 0.15) is 15.9 Å². The normalized spacial score (nSPS) is 10.1. The molecule has 0 heterocycles. The predicted octanol–water partition coefficient (Wildman–Crippen LogP) is 3.56. The maximum absolute atomic E-state index is 12.1. The number of aryl methyl sites for hydroxylation is 1. The first-order valence-corrected chi connectivity index (χ1v) is 6.51. The van der Waals surface area contributed by atoms with Crippen LogP contribution in [0.15, 0.2) is 42.5 Å². The molecule has 0 atom stereocenters. The van der Waals surface area contributed by atoms with Crippen molar-refractivity contribution in [3.8, 4) is 5.75 Å². The van der Waals surface area contributed by atoms with Crippen LogP contribution in [0.3, 0.4) is 0 Å². The van der Waals surface area contributed by atoms with Gasteiger partial charge in [-0.05, 0) is 65.4 Å². The largest absolute Gasteiger partial charge is 0.508 e. The highest BCUT2D eigenvalue weighted by Gasteiger charge is 2.09. The smallest absolute Gasteiger partial charge is 0.256 e.